The van der Waals surface area contributed by atoms with Crippen molar-refractivity contribution in [3.05, 3.63) is 28.7 Å². The van der Waals surface area contributed by atoms with Gasteiger partial charge in [0.2, 0.25) is 11.8 Å². The molecule has 0 spiro atoms. The van der Waals surface area contributed by atoms with Crippen LogP contribution in [0.15, 0.2) is 12.1 Å². The number of ketones is 1. The van der Waals surface area contributed by atoms with E-state index in [1.807, 2.05) is 13.8 Å². The summed E-state index contributed by atoms with van der Waals surface area (Å²) in [6.07, 6.45) is 3.20. The second kappa shape index (κ2) is 10.1. The third-order valence-electron chi connectivity index (χ3n) is 6.99. The number of ether oxygens (including phenoxy) is 1. The van der Waals surface area contributed by atoms with E-state index < -0.39 is 17.8 Å². The van der Waals surface area contributed by atoms with Gasteiger partial charge in [-0.25, -0.2) is 4.39 Å². The van der Waals surface area contributed by atoms with E-state index >= 15 is 0 Å². The zero-order valence-electron chi connectivity index (χ0n) is 20.5. The minimum Gasteiger partial charge on any atom is -0.496 e. The molecule has 8 nitrogen and oxygen atoms in total. The number of nitrogens with zero attached hydrogens (tertiary/aromatic N) is 1. The maximum Gasteiger partial charge on any atom is 0.224 e. The standard InChI is InChI=1S/C26H30ClFN4O4/c1-26(2)11-15(25(35)32-26)7-16(12-29)30-24(34)14(6-13-4-5-13)8-20(33)19-9-17-21(36-3)10-18(27)22(28)23(17)31-19/h9-10,13-16,31H,4-8,11H2,1-3H3,(H,30,34)(H,32,35). The van der Waals surface area contributed by atoms with E-state index in [0.717, 1.165) is 12.8 Å². The molecule has 0 bridgehead atoms. The molecule has 3 unspecified atom stereocenters. The van der Waals surface area contributed by atoms with E-state index in [2.05, 4.69) is 21.7 Å². The first-order valence-electron chi connectivity index (χ1n) is 12.1. The van der Waals surface area contributed by atoms with Crippen molar-refractivity contribution in [1.82, 2.24) is 15.6 Å². The number of hydrogen-bond donors (Lipinski definition) is 3. The lowest BCUT2D eigenvalue weighted by Crippen LogP contribution is -2.40. The number of Topliss-reactive ketones (excluding diaryl/α,β-unsaturated/α-hetero) is 1. The summed E-state index contributed by atoms with van der Waals surface area (Å²) in [6, 6.07) is 4.09. The number of carbonyl (C=O) groups is 3. The number of halogens is 2. The van der Waals surface area contributed by atoms with Crippen LogP contribution in [0, 0.1) is 34.9 Å². The molecule has 1 aliphatic heterocycles. The Balaban J connectivity index is 1.48. The number of fused-ring (bicyclic) bond motifs is 1. The van der Waals surface area contributed by atoms with Crippen molar-refractivity contribution in [2.45, 2.75) is 64.0 Å². The molecule has 0 radical (unpaired) electrons. The number of nitrogens with one attached hydrogen (secondary N) is 3. The normalized spacial score (nSPS) is 20.4. The van der Waals surface area contributed by atoms with Gasteiger partial charge in [-0.05, 0) is 45.1 Å². The summed E-state index contributed by atoms with van der Waals surface area (Å²) in [4.78, 5) is 41.4. The summed E-state index contributed by atoms with van der Waals surface area (Å²) < 4.78 is 19.8. The molecule has 3 N–H and O–H groups in total. The molecule has 1 aromatic carbocycles. The number of carbonyl (C=O) groups excluding carboxylic acids is 3. The number of methoxy groups -OCH3 is 1. The number of rotatable bonds is 10. The zero-order valence-corrected chi connectivity index (χ0v) is 21.3. The summed E-state index contributed by atoms with van der Waals surface area (Å²) in [5.41, 5.74) is -0.133. The highest BCUT2D eigenvalue weighted by Crippen LogP contribution is 2.38. The molecule has 2 aliphatic rings. The fourth-order valence-electron chi connectivity index (χ4n) is 4.99. The predicted octanol–water partition coefficient (Wildman–Crippen LogP) is 4.27. The number of hydrogen-bond acceptors (Lipinski definition) is 5. The van der Waals surface area contributed by atoms with Gasteiger partial charge in [0.25, 0.3) is 0 Å². The summed E-state index contributed by atoms with van der Waals surface area (Å²) in [7, 11) is 1.43. The first kappa shape index (κ1) is 26.0. The van der Waals surface area contributed by atoms with Crippen molar-refractivity contribution in [2.24, 2.45) is 17.8 Å². The van der Waals surface area contributed by atoms with Crippen LogP contribution < -0.4 is 15.4 Å². The topological polar surface area (TPSA) is 124 Å². The molecule has 3 atom stereocenters. The lowest BCUT2D eigenvalue weighted by molar-refractivity contribution is -0.127. The van der Waals surface area contributed by atoms with Crippen LogP contribution in [-0.2, 0) is 9.59 Å². The summed E-state index contributed by atoms with van der Waals surface area (Å²) in [6.45, 7) is 3.84. The maximum absolute atomic E-state index is 14.5. The zero-order chi connectivity index (χ0) is 26.2. The number of benzene rings is 1. The fraction of sp³-hybridized carbons (Fsp3) is 0.538. The van der Waals surface area contributed by atoms with E-state index in [-0.39, 0.29) is 58.1 Å². The number of aromatic amines is 1. The minimum atomic E-state index is -0.840. The Morgan fingerprint density at radius 3 is 2.64 bits per heavy atom. The smallest absolute Gasteiger partial charge is 0.224 e. The minimum absolute atomic E-state index is 0.0632. The van der Waals surface area contributed by atoms with Crippen molar-refractivity contribution in [3.8, 4) is 11.8 Å². The Bertz CT molecular complexity index is 1250. The van der Waals surface area contributed by atoms with Crippen LogP contribution in [0.25, 0.3) is 10.9 Å². The van der Waals surface area contributed by atoms with Crippen molar-refractivity contribution in [3.63, 3.8) is 0 Å². The van der Waals surface area contributed by atoms with E-state index in [9.17, 15) is 24.0 Å². The molecule has 2 heterocycles. The Morgan fingerprint density at radius 2 is 2.06 bits per heavy atom. The average Bonchev–Trinajstić information content (AvgIpc) is 3.45. The molecule has 2 fully saturated rings. The van der Waals surface area contributed by atoms with Crippen molar-refractivity contribution >= 4 is 40.1 Å². The lowest BCUT2D eigenvalue weighted by atomic mass is 9.90. The van der Waals surface area contributed by atoms with Gasteiger partial charge in [-0.1, -0.05) is 24.4 Å². The van der Waals surface area contributed by atoms with E-state index in [1.54, 1.807) is 0 Å². The van der Waals surface area contributed by atoms with Crippen LogP contribution in [0.2, 0.25) is 5.02 Å². The van der Waals surface area contributed by atoms with Gasteiger partial charge >= 0.3 is 0 Å². The molecule has 192 valence electrons. The molecule has 10 heteroatoms. The Labute approximate surface area is 213 Å². The van der Waals surface area contributed by atoms with E-state index in [1.165, 1.54) is 19.2 Å². The van der Waals surface area contributed by atoms with Gasteiger partial charge < -0.3 is 20.4 Å². The fourth-order valence-corrected chi connectivity index (χ4v) is 5.19. The van der Waals surface area contributed by atoms with Gasteiger partial charge in [0.05, 0.1) is 29.4 Å². The molecule has 2 amide bonds. The summed E-state index contributed by atoms with van der Waals surface area (Å²) >= 11 is 5.93. The number of aromatic nitrogens is 1. The van der Waals surface area contributed by atoms with Crippen molar-refractivity contribution in [2.75, 3.05) is 7.11 Å². The van der Waals surface area contributed by atoms with Crippen LogP contribution in [0.1, 0.15) is 62.9 Å². The van der Waals surface area contributed by atoms with Gasteiger partial charge in [0.1, 0.15) is 11.8 Å². The Hall–Kier alpha value is -3.12. The highest BCUT2D eigenvalue weighted by molar-refractivity contribution is 6.31. The van der Waals surface area contributed by atoms with Gasteiger partial charge in [-0.2, -0.15) is 5.26 Å². The molecule has 1 aliphatic carbocycles. The second-order valence-corrected chi connectivity index (χ2v) is 11.0. The molecule has 1 saturated carbocycles. The first-order chi connectivity index (χ1) is 17.0. The highest BCUT2D eigenvalue weighted by Gasteiger charge is 2.39. The quantitative estimate of drug-likeness (QED) is 0.407. The number of amides is 2. The first-order valence-corrected chi connectivity index (χ1v) is 12.5. The SMILES string of the molecule is COc1cc(Cl)c(F)c2[nH]c(C(=O)CC(CC3CC3)C(=O)NC(C#N)CC3CC(C)(C)NC3=O)cc12. The van der Waals surface area contributed by atoms with Gasteiger partial charge in [-0.15, -0.1) is 0 Å². The number of H-pyrrole nitrogens is 1. The van der Waals surface area contributed by atoms with Gasteiger partial charge in [-0.3, -0.25) is 14.4 Å². The third kappa shape index (κ3) is 5.65. The van der Waals surface area contributed by atoms with Crippen LogP contribution in [0.4, 0.5) is 4.39 Å². The summed E-state index contributed by atoms with van der Waals surface area (Å²) in [5.74, 6) is -1.87. The van der Waals surface area contributed by atoms with Crippen molar-refractivity contribution in [1.29, 1.82) is 5.26 Å². The maximum atomic E-state index is 14.5. The van der Waals surface area contributed by atoms with Crippen LogP contribution in [0.5, 0.6) is 5.75 Å². The Morgan fingerprint density at radius 1 is 1.33 bits per heavy atom. The monoisotopic (exact) mass is 516 g/mol. The largest absolute Gasteiger partial charge is 0.496 e. The Kier molecular flexibility index (Phi) is 7.28. The predicted molar refractivity (Wildman–Crippen MR) is 132 cm³/mol. The molecule has 4 rings (SSSR count). The molecular weight excluding hydrogens is 487 g/mol. The average molecular weight is 517 g/mol. The van der Waals surface area contributed by atoms with Crippen LogP contribution in [0.3, 0.4) is 0 Å². The van der Waals surface area contributed by atoms with Crippen LogP contribution in [-0.4, -0.2) is 41.3 Å². The second-order valence-electron chi connectivity index (χ2n) is 10.5. The van der Waals surface area contributed by atoms with Gasteiger partial charge in [0, 0.05) is 35.2 Å². The van der Waals surface area contributed by atoms with Crippen molar-refractivity contribution < 1.29 is 23.5 Å². The third-order valence-corrected chi connectivity index (χ3v) is 7.26. The van der Waals surface area contributed by atoms with Gasteiger partial charge in [0.15, 0.2) is 11.6 Å². The van der Waals surface area contributed by atoms with E-state index in [4.69, 9.17) is 16.3 Å². The number of nitriles is 1. The van der Waals surface area contributed by atoms with Crippen LogP contribution >= 0.6 is 11.6 Å². The lowest BCUT2D eigenvalue weighted by Gasteiger charge is -2.20. The summed E-state index contributed by atoms with van der Waals surface area (Å²) in [5, 5.41) is 15.5. The van der Waals surface area contributed by atoms with E-state index in [0.29, 0.717) is 29.9 Å². The molecule has 36 heavy (non-hydrogen) atoms. The highest BCUT2D eigenvalue weighted by atomic mass is 35.5. The molecule has 1 saturated heterocycles. The molecular formula is C26H30ClFN4O4. The molecule has 1 aromatic heterocycles. The molecule has 2 aromatic rings.